The van der Waals surface area contributed by atoms with Gasteiger partial charge in [0.1, 0.15) is 26.3 Å². The van der Waals surface area contributed by atoms with Gasteiger partial charge in [0.2, 0.25) is 11.8 Å². The largest absolute Gasteiger partial charge is 0.488 e. The first-order chi connectivity index (χ1) is 23.3. The number of esters is 1. The van der Waals surface area contributed by atoms with Gasteiger partial charge in [-0.2, -0.15) is 0 Å². The van der Waals surface area contributed by atoms with E-state index < -0.39 is 5.97 Å². The molecule has 1 saturated carbocycles. The molecule has 6 rings (SSSR count). The smallest absolute Gasteiger partial charge is 0.337 e. The Morgan fingerprint density at radius 1 is 1.02 bits per heavy atom. The summed E-state index contributed by atoms with van der Waals surface area (Å²) in [6, 6.07) is 16.4. The maximum atomic E-state index is 13.2. The molecule has 2 fully saturated rings. The van der Waals surface area contributed by atoms with E-state index in [-0.39, 0.29) is 25.2 Å². The summed E-state index contributed by atoms with van der Waals surface area (Å²) in [6.45, 7) is 5.39. The van der Waals surface area contributed by atoms with Crippen molar-refractivity contribution in [2.45, 2.75) is 58.4 Å². The predicted octanol–water partition coefficient (Wildman–Crippen LogP) is 4.25. The van der Waals surface area contributed by atoms with Crippen LogP contribution in [0.1, 0.15) is 53.0 Å². The molecule has 48 heavy (non-hydrogen) atoms. The van der Waals surface area contributed by atoms with Crippen LogP contribution >= 0.6 is 0 Å². The van der Waals surface area contributed by atoms with E-state index >= 15 is 0 Å². The molecule has 0 bridgehead atoms. The van der Waals surface area contributed by atoms with Crippen molar-refractivity contribution >= 4 is 36.6 Å². The van der Waals surface area contributed by atoms with E-state index in [9.17, 15) is 9.59 Å². The van der Waals surface area contributed by atoms with E-state index in [0.717, 1.165) is 36.3 Å². The maximum absolute atomic E-state index is 13.2. The van der Waals surface area contributed by atoms with Crippen molar-refractivity contribution < 1.29 is 23.8 Å². The number of benzene rings is 2. The van der Waals surface area contributed by atoms with Gasteiger partial charge in [0.05, 0.1) is 54.9 Å². The Bertz CT molecular complexity index is 1730. The number of amides is 1. The number of hydrogen-bond acceptors (Lipinski definition) is 9. The highest BCUT2D eigenvalue weighted by Gasteiger charge is 2.24. The summed E-state index contributed by atoms with van der Waals surface area (Å²) in [5.74, 6) is 1.32. The fourth-order valence-electron chi connectivity index (χ4n) is 5.77. The molecule has 2 radical (unpaired) electrons. The predicted molar refractivity (Wildman–Crippen MR) is 184 cm³/mol. The summed E-state index contributed by atoms with van der Waals surface area (Å²) >= 11 is 0. The first-order valence-electron chi connectivity index (χ1n) is 16.4. The lowest BCUT2D eigenvalue weighted by Crippen LogP contribution is -2.42. The monoisotopic (exact) mass is 648 g/mol. The number of aryl methyl sites for hydroxylation is 1. The Balaban J connectivity index is 0.995. The highest BCUT2D eigenvalue weighted by atomic mass is 16.5. The zero-order chi connectivity index (χ0) is 33.5. The normalized spacial score (nSPS) is 15.1. The van der Waals surface area contributed by atoms with Crippen LogP contribution in [0.25, 0.3) is 0 Å². The number of methoxy groups -OCH3 is 1. The SMILES string of the molecule is [B]c1cc(C)ccc1OCc1cccc(OC2CCN(CC(=O)Nc3ccc(C(=O)OC)cc3NCc3cncn3CC3CC3)CC2)n1. The third-order valence-electron chi connectivity index (χ3n) is 8.64. The zero-order valence-electron chi connectivity index (χ0n) is 27.5. The number of imidazole rings is 1. The maximum Gasteiger partial charge on any atom is 0.337 e. The van der Waals surface area contributed by atoms with Crippen LogP contribution in [0, 0.1) is 12.8 Å². The Labute approximate surface area is 282 Å². The second-order valence-electron chi connectivity index (χ2n) is 12.5. The zero-order valence-corrected chi connectivity index (χ0v) is 27.5. The highest BCUT2D eigenvalue weighted by Crippen LogP contribution is 2.31. The van der Waals surface area contributed by atoms with Crippen molar-refractivity contribution in [1.82, 2.24) is 19.4 Å². The summed E-state index contributed by atoms with van der Waals surface area (Å²) in [5.41, 5.74) is 5.09. The molecule has 12 heteroatoms. The molecule has 2 aliphatic rings. The van der Waals surface area contributed by atoms with Gasteiger partial charge in [0.15, 0.2) is 0 Å². The molecule has 0 spiro atoms. The van der Waals surface area contributed by atoms with E-state index in [2.05, 4.69) is 30.1 Å². The van der Waals surface area contributed by atoms with Gasteiger partial charge < -0.3 is 29.4 Å². The fourth-order valence-corrected chi connectivity index (χ4v) is 5.77. The Morgan fingerprint density at radius 3 is 2.62 bits per heavy atom. The number of nitrogens with one attached hydrogen (secondary N) is 2. The number of anilines is 2. The number of carbonyl (C=O) groups excluding carboxylic acids is 2. The van der Waals surface area contributed by atoms with Gasteiger partial charge in [-0.1, -0.05) is 29.2 Å². The number of piperidine rings is 1. The lowest BCUT2D eigenvalue weighted by Gasteiger charge is -2.31. The molecule has 2 aromatic heterocycles. The molecule has 3 heterocycles. The van der Waals surface area contributed by atoms with Crippen molar-refractivity contribution in [2.24, 2.45) is 5.92 Å². The standard InChI is InChI=1S/C36H41BN6O5/c1-24-6-11-33(30(37)16-24)47-22-27-4-3-5-35(40-27)48-29-12-14-42(15-13-29)21-34(44)41-31-10-9-26(36(45)46-2)17-32(31)39-19-28-18-38-23-43(28)20-25-7-8-25/h3-6,9-11,16-18,23,25,29,39H,7-8,12-15,19-22H2,1-2H3,(H,41,44). The van der Waals surface area contributed by atoms with Crippen molar-refractivity contribution in [1.29, 1.82) is 0 Å². The summed E-state index contributed by atoms with van der Waals surface area (Å²) in [5, 5.41) is 6.44. The quantitative estimate of drug-likeness (QED) is 0.153. The Kier molecular flexibility index (Phi) is 10.6. The third-order valence-corrected chi connectivity index (χ3v) is 8.64. The van der Waals surface area contributed by atoms with E-state index in [4.69, 9.17) is 22.1 Å². The summed E-state index contributed by atoms with van der Waals surface area (Å²) in [4.78, 5) is 36.5. The minimum Gasteiger partial charge on any atom is -0.488 e. The average molecular weight is 649 g/mol. The van der Waals surface area contributed by atoms with Gasteiger partial charge in [-0.05, 0) is 68.9 Å². The molecule has 1 aliphatic carbocycles. The van der Waals surface area contributed by atoms with Gasteiger partial charge in [-0.25, -0.2) is 14.8 Å². The summed E-state index contributed by atoms with van der Waals surface area (Å²) in [6.07, 6.45) is 7.73. The molecule has 4 aromatic rings. The Hall–Kier alpha value is -4.84. The minimum atomic E-state index is -0.442. The first kappa shape index (κ1) is 33.1. The molecule has 0 unspecified atom stereocenters. The molecule has 0 atom stereocenters. The van der Waals surface area contributed by atoms with Crippen LogP contribution < -0.4 is 25.6 Å². The van der Waals surface area contributed by atoms with Crippen molar-refractivity contribution in [3.05, 3.63) is 89.6 Å². The van der Waals surface area contributed by atoms with Crippen LogP contribution in [0.4, 0.5) is 11.4 Å². The second-order valence-corrected chi connectivity index (χ2v) is 12.5. The fraction of sp³-hybridized carbons (Fsp3) is 0.389. The number of aromatic nitrogens is 3. The first-order valence-corrected chi connectivity index (χ1v) is 16.4. The third kappa shape index (κ3) is 8.94. The summed E-state index contributed by atoms with van der Waals surface area (Å²) in [7, 11) is 7.42. The number of hydrogen-bond donors (Lipinski definition) is 2. The number of nitrogens with zero attached hydrogens (tertiary/aromatic N) is 4. The van der Waals surface area contributed by atoms with Crippen molar-refractivity contribution in [2.75, 3.05) is 37.4 Å². The molecule has 2 N–H and O–H groups in total. The molecule has 1 aliphatic heterocycles. The van der Waals surface area contributed by atoms with Crippen molar-refractivity contribution in [3.8, 4) is 11.6 Å². The molecular formula is C36H41BN6O5. The van der Waals surface area contributed by atoms with Gasteiger partial charge in [-0.3, -0.25) is 9.69 Å². The van der Waals surface area contributed by atoms with Crippen LogP contribution in [0.3, 0.4) is 0 Å². The van der Waals surface area contributed by atoms with Gasteiger partial charge in [0.25, 0.3) is 0 Å². The van der Waals surface area contributed by atoms with E-state index in [1.165, 1.54) is 20.0 Å². The number of rotatable bonds is 14. The molecule has 11 nitrogen and oxygen atoms in total. The topological polar surface area (TPSA) is 120 Å². The van der Waals surface area contributed by atoms with E-state index in [1.54, 1.807) is 18.2 Å². The lowest BCUT2D eigenvalue weighted by molar-refractivity contribution is -0.117. The van der Waals surface area contributed by atoms with Gasteiger partial charge >= 0.3 is 5.97 Å². The molecule has 2 aromatic carbocycles. The number of ether oxygens (including phenoxy) is 3. The highest BCUT2D eigenvalue weighted by molar-refractivity contribution is 6.34. The lowest BCUT2D eigenvalue weighted by atomic mass is 9.93. The van der Waals surface area contributed by atoms with E-state index in [1.807, 2.05) is 55.8 Å². The minimum absolute atomic E-state index is 0.00394. The van der Waals surface area contributed by atoms with Crippen molar-refractivity contribution in [3.63, 3.8) is 0 Å². The van der Waals surface area contributed by atoms with Crippen LogP contribution in [0.15, 0.2) is 67.1 Å². The van der Waals surface area contributed by atoms with Gasteiger partial charge in [-0.15, -0.1) is 0 Å². The number of pyridine rings is 1. The van der Waals surface area contributed by atoms with Crippen LogP contribution in [-0.2, 0) is 29.2 Å². The molecule has 1 amide bonds. The molecular weight excluding hydrogens is 607 g/mol. The number of likely N-dealkylation sites (tertiary alicyclic amines) is 1. The van der Waals surface area contributed by atoms with Crippen LogP contribution in [0.5, 0.6) is 11.6 Å². The average Bonchev–Trinajstić information content (AvgIpc) is 3.80. The van der Waals surface area contributed by atoms with Gasteiger partial charge in [0, 0.05) is 31.9 Å². The van der Waals surface area contributed by atoms with Crippen LogP contribution in [-0.4, -0.2) is 72.0 Å². The molecule has 1 saturated heterocycles. The van der Waals surface area contributed by atoms with E-state index in [0.29, 0.717) is 59.6 Å². The summed E-state index contributed by atoms with van der Waals surface area (Å²) < 4.78 is 19.2. The van der Waals surface area contributed by atoms with Crippen LogP contribution in [0.2, 0.25) is 0 Å². The second kappa shape index (κ2) is 15.4. The number of carbonyl (C=O) groups is 2. The molecule has 248 valence electrons. The Morgan fingerprint density at radius 2 is 1.85 bits per heavy atom.